The van der Waals surface area contributed by atoms with Crippen LogP contribution in [-0.2, 0) is 11.3 Å². The largest absolute Gasteiger partial charge is 0.390 e. The number of hydrogen-bond acceptors (Lipinski definition) is 5. The van der Waals surface area contributed by atoms with Gasteiger partial charge in [-0.1, -0.05) is 0 Å². The summed E-state index contributed by atoms with van der Waals surface area (Å²) in [5, 5.41) is 8.88. The lowest BCUT2D eigenvalue weighted by Crippen LogP contribution is -2.34. The fraction of sp³-hybridized carbons (Fsp3) is 0.636. The van der Waals surface area contributed by atoms with Crippen molar-refractivity contribution in [1.29, 1.82) is 0 Å². The first-order valence-corrected chi connectivity index (χ1v) is 5.36. The smallest absolute Gasteiger partial charge is 0.147 e. The van der Waals surface area contributed by atoms with Gasteiger partial charge in [0.2, 0.25) is 0 Å². The van der Waals surface area contributed by atoms with Gasteiger partial charge >= 0.3 is 0 Å². The number of ether oxygens (including phenoxy) is 1. The number of aliphatic hydroxyl groups is 1. The number of rotatable bonds is 6. The second kappa shape index (κ2) is 6.40. The van der Waals surface area contributed by atoms with Crippen molar-refractivity contribution in [2.75, 3.05) is 25.2 Å². The van der Waals surface area contributed by atoms with Crippen LogP contribution in [0, 0.1) is 0 Å². The second-order valence-electron chi connectivity index (χ2n) is 3.80. The van der Waals surface area contributed by atoms with E-state index in [1.54, 1.807) is 19.5 Å². The first-order valence-electron chi connectivity index (χ1n) is 5.36. The molecular weight excluding hydrogens is 206 g/mol. The molecule has 16 heavy (non-hydrogen) atoms. The minimum atomic E-state index is -0.0764. The Labute approximate surface area is 96.1 Å². The van der Waals surface area contributed by atoms with Gasteiger partial charge in [-0.05, 0) is 13.8 Å². The van der Waals surface area contributed by atoms with Crippen molar-refractivity contribution >= 4 is 5.82 Å². The minimum Gasteiger partial charge on any atom is -0.390 e. The molecule has 1 aromatic heterocycles. The van der Waals surface area contributed by atoms with Crippen LogP contribution >= 0.6 is 0 Å². The summed E-state index contributed by atoms with van der Waals surface area (Å²) in [6.07, 6.45) is 3.28. The Balaban J connectivity index is 2.75. The highest BCUT2D eigenvalue weighted by molar-refractivity contribution is 5.36. The zero-order valence-corrected chi connectivity index (χ0v) is 10.1. The lowest BCUT2D eigenvalue weighted by atomic mass is 10.3. The van der Waals surface area contributed by atoms with Crippen LogP contribution in [0.3, 0.4) is 0 Å². The third-order valence-corrected chi connectivity index (χ3v) is 2.31. The lowest BCUT2D eigenvalue weighted by Gasteiger charge is -2.27. The van der Waals surface area contributed by atoms with Crippen LogP contribution in [0.25, 0.3) is 0 Å². The third kappa shape index (κ3) is 3.43. The van der Waals surface area contributed by atoms with Crippen LogP contribution in [0.5, 0.6) is 0 Å². The zero-order valence-electron chi connectivity index (χ0n) is 10.1. The van der Waals surface area contributed by atoms with E-state index in [4.69, 9.17) is 9.84 Å². The van der Waals surface area contributed by atoms with Crippen molar-refractivity contribution in [3.05, 3.63) is 18.1 Å². The maximum absolute atomic E-state index is 8.88. The molecule has 0 unspecified atom stereocenters. The Morgan fingerprint density at radius 1 is 1.38 bits per heavy atom. The highest BCUT2D eigenvalue weighted by atomic mass is 16.5. The van der Waals surface area contributed by atoms with Gasteiger partial charge in [0.1, 0.15) is 5.82 Å². The van der Waals surface area contributed by atoms with Crippen LogP contribution < -0.4 is 4.90 Å². The van der Waals surface area contributed by atoms with Crippen LogP contribution in [0.4, 0.5) is 5.82 Å². The molecular formula is C11H19N3O2. The first-order chi connectivity index (χ1) is 7.69. The van der Waals surface area contributed by atoms with Crippen LogP contribution in [0.15, 0.2) is 12.4 Å². The summed E-state index contributed by atoms with van der Waals surface area (Å²) in [4.78, 5) is 10.5. The monoisotopic (exact) mass is 225 g/mol. The number of methoxy groups -OCH3 is 1. The molecule has 0 saturated carbocycles. The Kier molecular flexibility index (Phi) is 5.14. The van der Waals surface area contributed by atoms with E-state index in [-0.39, 0.29) is 6.61 Å². The van der Waals surface area contributed by atoms with Crippen molar-refractivity contribution in [2.24, 2.45) is 0 Å². The predicted molar refractivity (Wildman–Crippen MR) is 62.3 cm³/mol. The molecule has 1 heterocycles. The topological polar surface area (TPSA) is 58.5 Å². The fourth-order valence-corrected chi connectivity index (χ4v) is 1.40. The summed E-state index contributed by atoms with van der Waals surface area (Å²) >= 11 is 0. The summed E-state index contributed by atoms with van der Waals surface area (Å²) in [5.41, 5.74) is 0.583. The molecule has 0 bridgehead atoms. The van der Waals surface area contributed by atoms with Gasteiger partial charge in [0.25, 0.3) is 0 Å². The second-order valence-corrected chi connectivity index (χ2v) is 3.80. The molecule has 0 saturated heterocycles. The number of hydrogen-bond donors (Lipinski definition) is 1. The summed E-state index contributed by atoms with van der Waals surface area (Å²) in [7, 11) is 1.68. The quantitative estimate of drug-likeness (QED) is 0.777. The molecule has 5 heteroatoms. The van der Waals surface area contributed by atoms with Crippen molar-refractivity contribution < 1.29 is 9.84 Å². The summed E-state index contributed by atoms with van der Waals surface area (Å²) in [5.74, 6) is 0.809. The van der Waals surface area contributed by atoms with Crippen molar-refractivity contribution in [1.82, 2.24) is 9.97 Å². The van der Waals surface area contributed by atoms with Gasteiger partial charge in [-0.3, -0.25) is 4.98 Å². The van der Waals surface area contributed by atoms with E-state index in [0.29, 0.717) is 18.3 Å². The van der Waals surface area contributed by atoms with Crippen LogP contribution in [-0.4, -0.2) is 41.4 Å². The van der Waals surface area contributed by atoms with Crippen molar-refractivity contribution in [2.45, 2.75) is 26.5 Å². The number of anilines is 1. The molecule has 1 aromatic rings. The van der Waals surface area contributed by atoms with Gasteiger partial charge < -0.3 is 14.7 Å². The molecule has 0 spiro atoms. The van der Waals surface area contributed by atoms with Gasteiger partial charge in [-0.25, -0.2) is 4.98 Å². The molecule has 1 rings (SSSR count). The van der Waals surface area contributed by atoms with E-state index in [9.17, 15) is 0 Å². The Hall–Kier alpha value is -1.20. The van der Waals surface area contributed by atoms with Crippen molar-refractivity contribution in [3.63, 3.8) is 0 Å². The third-order valence-electron chi connectivity index (χ3n) is 2.31. The molecule has 0 atom stereocenters. The Morgan fingerprint density at radius 2 is 2.12 bits per heavy atom. The van der Waals surface area contributed by atoms with E-state index in [1.165, 1.54) is 0 Å². The SMILES string of the molecule is COCCN(c1cnc(CO)cn1)C(C)C. The molecule has 1 N–H and O–H groups in total. The molecule has 0 aromatic carbocycles. The van der Waals surface area contributed by atoms with Crippen LogP contribution in [0.1, 0.15) is 19.5 Å². The molecule has 0 aliphatic rings. The van der Waals surface area contributed by atoms with Crippen LogP contribution in [0.2, 0.25) is 0 Å². The van der Waals surface area contributed by atoms with E-state index in [1.807, 2.05) is 0 Å². The molecule has 0 aliphatic heterocycles. The standard InChI is InChI=1S/C11H19N3O2/c1-9(2)14(4-5-16-3)11-7-12-10(8-15)6-13-11/h6-7,9,15H,4-5,8H2,1-3H3. The van der Waals surface area contributed by atoms with E-state index >= 15 is 0 Å². The Bertz CT molecular complexity index is 301. The van der Waals surface area contributed by atoms with E-state index in [2.05, 4.69) is 28.7 Å². The molecule has 0 amide bonds. The van der Waals surface area contributed by atoms with E-state index < -0.39 is 0 Å². The molecule has 0 aliphatic carbocycles. The molecule has 0 fully saturated rings. The van der Waals surface area contributed by atoms with Gasteiger partial charge in [-0.2, -0.15) is 0 Å². The summed E-state index contributed by atoms with van der Waals surface area (Å²) < 4.78 is 5.06. The maximum Gasteiger partial charge on any atom is 0.147 e. The Morgan fingerprint density at radius 3 is 2.56 bits per heavy atom. The average molecular weight is 225 g/mol. The summed E-state index contributed by atoms with van der Waals surface area (Å²) in [6.45, 7) is 5.55. The van der Waals surface area contributed by atoms with Crippen molar-refractivity contribution in [3.8, 4) is 0 Å². The van der Waals surface area contributed by atoms with Gasteiger partial charge in [0.15, 0.2) is 0 Å². The minimum absolute atomic E-state index is 0.0764. The van der Waals surface area contributed by atoms with E-state index in [0.717, 1.165) is 12.4 Å². The van der Waals surface area contributed by atoms with Gasteiger partial charge in [-0.15, -0.1) is 0 Å². The molecule has 5 nitrogen and oxygen atoms in total. The number of nitrogens with zero attached hydrogens (tertiary/aromatic N) is 3. The molecule has 0 radical (unpaired) electrons. The zero-order chi connectivity index (χ0) is 12.0. The normalized spacial score (nSPS) is 10.8. The maximum atomic E-state index is 8.88. The van der Waals surface area contributed by atoms with Gasteiger partial charge in [0.05, 0.1) is 31.3 Å². The average Bonchev–Trinajstić information content (AvgIpc) is 2.30. The highest BCUT2D eigenvalue weighted by Crippen LogP contribution is 2.12. The highest BCUT2D eigenvalue weighted by Gasteiger charge is 2.11. The predicted octanol–water partition coefficient (Wildman–Crippen LogP) is 0.830. The molecule has 90 valence electrons. The summed E-state index contributed by atoms with van der Waals surface area (Å²) in [6, 6.07) is 0.337. The number of aromatic nitrogens is 2. The fourth-order valence-electron chi connectivity index (χ4n) is 1.40. The number of aliphatic hydroxyl groups excluding tert-OH is 1. The van der Waals surface area contributed by atoms with Gasteiger partial charge in [0, 0.05) is 19.7 Å². The lowest BCUT2D eigenvalue weighted by molar-refractivity contribution is 0.203. The first kappa shape index (κ1) is 12.9.